The van der Waals surface area contributed by atoms with Crippen LogP contribution in [0.5, 0.6) is 5.75 Å². The lowest BCUT2D eigenvalue weighted by molar-refractivity contribution is -0.123. The minimum absolute atomic E-state index is 0.0276. The molecule has 1 atom stereocenters. The van der Waals surface area contributed by atoms with Gasteiger partial charge in [-0.2, -0.15) is 0 Å². The van der Waals surface area contributed by atoms with Crippen molar-refractivity contribution in [3.05, 3.63) is 58.7 Å². The van der Waals surface area contributed by atoms with Crippen LogP contribution in [0, 0.1) is 20.8 Å². The molecular formula is C19H21NO4. The van der Waals surface area contributed by atoms with E-state index < -0.39 is 18.0 Å². The zero-order chi connectivity index (χ0) is 17.9. The van der Waals surface area contributed by atoms with Gasteiger partial charge < -0.3 is 15.2 Å². The molecule has 0 radical (unpaired) electrons. The van der Waals surface area contributed by atoms with Crippen LogP contribution in [0.4, 0.5) is 5.69 Å². The van der Waals surface area contributed by atoms with Crippen molar-refractivity contribution in [2.75, 3.05) is 5.32 Å². The van der Waals surface area contributed by atoms with Crippen molar-refractivity contribution in [2.24, 2.45) is 0 Å². The zero-order valence-corrected chi connectivity index (χ0v) is 14.2. The number of phenols is 1. The molecule has 0 aliphatic carbocycles. The summed E-state index contributed by atoms with van der Waals surface area (Å²) in [6.45, 7) is 7.30. The molecule has 0 aromatic heterocycles. The minimum atomic E-state index is -0.989. The van der Waals surface area contributed by atoms with E-state index in [-0.39, 0.29) is 11.3 Å². The molecule has 126 valence electrons. The maximum absolute atomic E-state index is 12.3. The number of rotatable bonds is 4. The number of carbonyl (C=O) groups excluding carboxylic acids is 2. The summed E-state index contributed by atoms with van der Waals surface area (Å²) in [4.78, 5) is 24.4. The third kappa shape index (κ3) is 3.93. The van der Waals surface area contributed by atoms with Gasteiger partial charge in [-0.25, -0.2) is 4.79 Å². The number of ether oxygens (including phenoxy) is 1. The summed E-state index contributed by atoms with van der Waals surface area (Å²) in [6.07, 6.45) is -0.989. The fourth-order valence-electron chi connectivity index (χ4n) is 2.53. The Morgan fingerprint density at radius 2 is 1.67 bits per heavy atom. The van der Waals surface area contributed by atoms with Crippen molar-refractivity contribution < 1.29 is 19.4 Å². The van der Waals surface area contributed by atoms with Crippen LogP contribution in [0.2, 0.25) is 0 Å². The molecule has 0 aliphatic heterocycles. The van der Waals surface area contributed by atoms with Crippen LogP contribution in [0.1, 0.15) is 34.0 Å². The lowest BCUT2D eigenvalue weighted by Crippen LogP contribution is -2.30. The summed E-state index contributed by atoms with van der Waals surface area (Å²) in [5.74, 6) is -1.35. The van der Waals surface area contributed by atoms with Gasteiger partial charge in [-0.3, -0.25) is 4.79 Å². The molecule has 0 fully saturated rings. The molecule has 2 aromatic carbocycles. The van der Waals surface area contributed by atoms with Crippen molar-refractivity contribution in [2.45, 2.75) is 33.8 Å². The molecule has 5 heteroatoms. The molecule has 2 aromatic rings. The number of phenolic OH excluding ortho intramolecular Hbond substituents is 1. The second-order valence-corrected chi connectivity index (χ2v) is 5.83. The number of benzene rings is 2. The number of carbonyl (C=O) groups is 2. The highest BCUT2D eigenvalue weighted by atomic mass is 16.5. The van der Waals surface area contributed by atoms with Crippen LogP contribution in [-0.2, 0) is 9.53 Å². The monoisotopic (exact) mass is 327 g/mol. The summed E-state index contributed by atoms with van der Waals surface area (Å²) in [5, 5.41) is 12.5. The predicted octanol–water partition coefficient (Wildman–Crippen LogP) is 3.50. The summed E-state index contributed by atoms with van der Waals surface area (Å²) in [7, 11) is 0. The molecule has 0 saturated heterocycles. The molecular weight excluding hydrogens is 306 g/mol. The van der Waals surface area contributed by atoms with Gasteiger partial charge in [0.15, 0.2) is 6.10 Å². The van der Waals surface area contributed by atoms with Crippen LogP contribution >= 0.6 is 0 Å². The van der Waals surface area contributed by atoms with E-state index in [1.165, 1.54) is 19.1 Å². The third-order valence-electron chi connectivity index (χ3n) is 3.70. The average molecular weight is 327 g/mol. The predicted molar refractivity (Wildman–Crippen MR) is 92.3 cm³/mol. The molecule has 0 saturated carbocycles. The fourth-order valence-corrected chi connectivity index (χ4v) is 2.53. The van der Waals surface area contributed by atoms with Crippen molar-refractivity contribution in [1.82, 2.24) is 0 Å². The summed E-state index contributed by atoms with van der Waals surface area (Å²) < 4.78 is 5.14. The molecule has 24 heavy (non-hydrogen) atoms. The lowest BCUT2D eigenvalue weighted by atomic mass is 10.0. The first-order chi connectivity index (χ1) is 11.3. The van der Waals surface area contributed by atoms with Crippen molar-refractivity contribution in [1.29, 1.82) is 0 Å². The van der Waals surface area contributed by atoms with Crippen LogP contribution in [0.15, 0.2) is 36.4 Å². The Bertz CT molecular complexity index is 760. The number of para-hydroxylation sites is 1. The summed E-state index contributed by atoms with van der Waals surface area (Å²) >= 11 is 0. The number of anilines is 1. The van der Waals surface area contributed by atoms with Crippen LogP contribution < -0.4 is 5.32 Å². The Kier molecular flexibility index (Phi) is 5.24. The molecule has 0 aliphatic rings. The number of nitrogens with one attached hydrogen (secondary N) is 1. The third-order valence-corrected chi connectivity index (χ3v) is 3.70. The molecule has 1 amide bonds. The molecule has 2 N–H and O–H groups in total. The standard InChI is InChI=1S/C19H21NO4/c1-11-9-12(2)17(13(3)10-11)20-18(22)14(4)24-19(23)15-7-5-6-8-16(15)21/h5-10,14,21H,1-4H3,(H,20,22)/t14-/m0/s1. The van der Waals surface area contributed by atoms with Crippen molar-refractivity contribution in [3.63, 3.8) is 0 Å². The topological polar surface area (TPSA) is 75.6 Å². The van der Waals surface area contributed by atoms with E-state index >= 15 is 0 Å². The summed E-state index contributed by atoms with van der Waals surface area (Å²) in [5.41, 5.74) is 3.75. The van der Waals surface area contributed by atoms with Crippen LogP contribution in [-0.4, -0.2) is 23.1 Å². The number of aromatic hydroxyl groups is 1. The van der Waals surface area contributed by atoms with E-state index in [1.807, 2.05) is 32.9 Å². The van der Waals surface area contributed by atoms with Gasteiger partial charge >= 0.3 is 5.97 Å². The van der Waals surface area contributed by atoms with Gasteiger partial charge in [-0.1, -0.05) is 29.8 Å². The van der Waals surface area contributed by atoms with Gasteiger partial charge in [0.2, 0.25) is 0 Å². The quantitative estimate of drug-likeness (QED) is 0.843. The van der Waals surface area contributed by atoms with Gasteiger partial charge in [-0.05, 0) is 51.0 Å². The Morgan fingerprint density at radius 3 is 2.25 bits per heavy atom. The number of aryl methyl sites for hydroxylation is 3. The Hall–Kier alpha value is -2.82. The maximum atomic E-state index is 12.3. The Balaban J connectivity index is 2.08. The number of hydrogen-bond donors (Lipinski definition) is 2. The molecule has 0 heterocycles. The van der Waals surface area contributed by atoms with E-state index in [0.717, 1.165) is 22.4 Å². The molecule has 0 spiro atoms. The Morgan fingerprint density at radius 1 is 1.08 bits per heavy atom. The van der Waals surface area contributed by atoms with Crippen molar-refractivity contribution in [3.8, 4) is 5.75 Å². The van der Waals surface area contributed by atoms with E-state index in [9.17, 15) is 14.7 Å². The van der Waals surface area contributed by atoms with Gasteiger partial charge in [0.05, 0.1) is 0 Å². The molecule has 2 rings (SSSR count). The largest absolute Gasteiger partial charge is 0.507 e. The minimum Gasteiger partial charge on any atom is -0.507 e. The first-order valence-electron chi connectivity index (χ1n) is 7.67. The second-order valence-electron chi connectivity index (χ2n) is 5.83. The van der Waals surface area contributed by atoms with Gasteiger partial charge in [0, 0.05) is 5.69 Å². The van der Waals surface area contributed by atoms with Gasteiger partial charge in [0.1, 0.15) is 11.3 Å². The Labute approximate surface area is 141 Å². The average Bonchev–Trinajstić information content (AvgIpc) is 2.50. The first kappa shape index (κ1) is 17.5. The first-order valence-corrected chi connectivity index (χ1v) is 7.67. The highest BCUT2D eigenvalue weighted by Gasteiger charge is 2.21. The zero-order valence-electron chi connectivity index (χ0n) is 14.2. The highest BCUT2D eigenvalue weighted by Crippen LogP contribution is 2.22. The number of amides is 1. The molecule has 5 nitrogen and oxygen atoms in total. The SMILES string of the molecule is Cc1cc(C)c(NC(=O)[C@H](C)OC(=O)c2ccccc2O)c(C)c1. The van der Waals surface area contributed by atoms with E-state index in [1.54, 1.807) is 12.1 Å². The van der Waals surface area contributed by atoms with Crippen LogP contribution in [0.25, 0.3) is 0 Å². The summed E-state index contributed by atoms with van der Waals surface area (Å²) in [6, 6.07) is 9.99. The smallest absolute Gasteiger partial charge is 0.342 e. The van der Waals surface area contributed by atoms with Crippen molar-refractivity contribution >= 4 is 17.6 Å². The van der Waals surface area contributed by atoms with E-state index in [0.29, 0.717) is 0 Å². The fraction of sp³-hybridized carbons (Fsp3) is 0.263. The van der Waals surface area contributed by atoms with E-state index in [2.05, 4.69) is 5.32 Å². The number of esters is 1. The highest BCUT2D eigenvalue weighted by molar-refractivity contribution is 5.99. The lowest BCUT2D eigenvalue weighted by Gasteiger charge is -2.17. The number of hydrogen-bond acceptors (Lipinski definition) is 4. The second kappa shape index (κ2) is 7.17. The van der Waals surface area contributed by atoms with Gasteiger partial charge in [0.25, 0.3) is 5.91 Å². The maximum Gasteiger partial charge on any atom is 0.342 e. The molecule has 0 bridgehead atoms. The molecule has 0 unspecified atom stereocenters. The normalized spacial score (nSPS) is 11.7. The van der Waals surface area contributed by atoms with Gasteiger partial charge in [-0.15, -0.1) is 0 Å². The van der Waals surface area contributed by atoms with Crippen LogP contribution in [0.3, 0.4) is 0 Å². The van der Waals surface area contributed by atoms with E-state index in [4.69, 9.17) is 4.74 Å².